The van der Waals surface area contributed by atoms with Gasteiger partial charge in [0.1, 0.15) is 11.6 Å². The van der Waals surface area contributed by atoms with E-state index in [1.54, 1.807) is 29.6 Å². The fraction of sp³-hybridized carbons (Fsp3) is 0.450. The third kappa shape index (κ3) is 4.02. The summed E-state index contributed by atoms with van der Waals surface area (Å²) in [5, 5.41) is 8.00. The Balaban J connectivity index is 1.37. The molecular weight excluding hydrogens is 376 g/mol. The van der Waals surface area contributed by atoms with E-state index < -0.39 is 0 Å². The molecule has 0 saturated carbocycles. The summed E-state index contributed by atoms with van der Waals surface area (Å²) in [5.41, 5.74) is 0.620. The molecule has 2 amide bonds. The number of hydrogen-bond donors (Lipinski definition) is 2. The fourth-order valence-electron chi connectivity index (χ4n) is 4.10. The molecule has 2 N–H and O–H groups in total. The minimum atomic E-state index is -0.176. The van der Waals surface area contributed by atoms with Gasteiger partial charge in [0.25, 0.3) is 11.1 Å². The first-order valence-corrected chi connectivity index (χ1v) is 10.4. The van der Waals surface area contributed by atoms with E-state index in [-0.39, 0.29) is 17.9 Å². The zero-order valence-corrected chi connectivity index (χ0v) is 16.8. The maximum atomic E-state index is 12.7. The van der Waals surface area contributed by atoms with Gasteiger partial charge in [0.05, 0.1) is 0 Å². The Hall–Kier alpha value is -2.45. The number of carbonyl (C=O) groups is 2. The number of thiazole rings is 1. The molecule has 4 heterocycles. The second kappa shape index (κ2) is 7.89. The number of nitrogens with one attached hydrogen (secondary N) is 2. The average molecular weight is 401 g/mol. The van der Waals surface area contributed by atoms with Gasteiger partial charge in [-0.2, -0.15) is 4.98 Å². The molecule has 0 aliphatic carbocycles. The normalized spacial score (nSPS) is 25.9. The molecule has 28 heavy (non-hydrogen) atoms. The van der Waals surface area contributed by atoms with Gasteiger partial charge in [0.2, 0.25) is 5.91 Å². The highest BCUT2D eigenvalue weighted by Crippen LogP contribution is 2.32. The van der Waals surface area contributed by atoms with Crippen LogP contribution < -0.4 is 15.4 Å². The molecular formula is C20H24N4O3S. The molecule has 0 spiro atoms. The third-order valence-electron chi connectivity index (χ3n) is 5.58. The van der Waals surface area contributed by atoms with Crippen molar-refractivity contribution in [2.45, 2.75) is 38.8 Å². The van der Waals surface area contributed by atoms with Gasteiger partial charge in [-0.15, -0.1) is 0 Å². The van der Waals surface area contributed by atoms with E-state index in [0.717, 1.165) is 25.9 Å². The van der Waals surface area contributed by atoms with Crippen LogP contribution in [0.1, 0.15) is 37.0 Å². The SMILES string of the molecule is CC(=O)Nc1csc(Oc2ccc(C(=O)N[C@@H]3C4CCN(CC4)[C@H]3C)cc2)n1. The van der Waals surface area contributed by atoms with Crippen molar-refractivity contribution in [3.63, 3.8) is 0 Å². The molecule has 0 unspecified atom stereocenters. The van der Waals surface area contributed by atoms with Crippen molar-refractivity contribution >= 4 is 29.0 Å². The zero-order chi connectivity index (χ0) is 19.7. The van der Waals surface area contributed by atoms with Gasteiger partial charge >= 0.3 is 0 Å². The highest BCUT2D eigenvalue weighted by molar-refractivity contribution is 7.11. The van der Waals surface area contributed by atoms with Crippen molar-refractivity contribution in [1.29, 1.82) is 0 Å². The largest absolute Gasteiger partial charge is 0.431 e. The monoisotopic (exact) mass is 400 g/mol. The van der Waals surface area contributed by atoms with Crippen LogP contribution in [0.5, 0.6) is 10.9 Å². The summed E-state index contributed by atoms with van der Waals surface area (Å²) in [6.07, 6.45) is 2.33. The van der Waals surface area contributed by atoms with Crippen molar-refractivity contribution in [2.24, 2.45) is 5.92 Å². The molecule has 2 atom stereocenters. The quantitative estimate of drug-likeness (QED) is 0.806. The summed E-state index contributed by atoms with van der Waals surface area (Å²) >= 11 is 1.30. The first-order valence-electron chi connectivity index (χ1n) is 9.55. The van der Waals surface area contributed by atoms with E-state index in [1.165, 1.54) is 18.3 Å². The number of amides is 2. The molecule has 2 bridgehead atoms. The molecule has 3 aliphatic heterocycles. The highest BCUT2D eigenvalue weighted by atomic mass is 32.1. The number of rotatable bonds is 5. The van der Waals surface area contributed by atoms with Crippen LogP contribution >= 0.6 is 11.3 Å². The van der Waals surface area contributed by atoms with Gasteiger partial charge in [-0.05, 0) is 63.0 Å². The van der Waals surface area contributed by atoms with E-state index in [9.17, 15) is 9.59 Å². The van der Waals surface area contributed by atoms with Crippen LogP contribution in [0.25, 0.3) is 0 Å². The number of carbonyl (C=O) groups excluding carboxylic acids is 2. The molecule has 1 aromatic heterocycles. The fourth-order valence-corrected chi connectivity index (χ4v) is 4.72. The van der Waals surface area contributed by atoms with Crippen LogP contribution in [0, 0.1) is 5.92 Å². The molecule has 5 rings (SSSR count). The van der Waals surface area contributed by atoms with Gasteiger partial charge in [0, 0.05) is 30.0 Å². The summed E-state index contributed by atoms with van der Waals surface area (Å²) in [4.78, 5) is 30.4. The smallest absolute Gasteiger partial charge is 0.280 e. The lowest BCUT2D eigenvalue weighted by atomic mass is 9.79. The number of nitrogens with zero attached hydrogens (tertiary/aromatic N) is 2. The second-order valence-electron chi connectivity index (χ2n) is 7.42. The van der Waals surface area contributed by atoms with Gasteiger partial charge in [-0.25, -0.2) is 0 Å². The Morgan fingerprint density at radius 2 is 1.93 bits per heavy atom. The minimum absolute atomic E-state index is 0.0423. The van der Waals surface area contributed by atoms with Crippen molar-refractivity contribution in [3.8, 4) is 10.9 Å². The van der Waals surface area contributed by atoms with Gasteiger partial charge in [-0.1, -0.05) is 11.3 Å². The average Bonchev–Trinajstić information content (AvgIpc) is 3.11. The molecule has 148 valence electrons. The number of piperidine rings is 3. The molecule has 3 saturated heterocycles. The Bertz CT molecular complexity index is 857. The van der Waals surface area contributed by atoms with Crippen LogP contribution in [0.2, 0.25) is 0 Å². The first-order chi connectivity index (χ1) is 13.5. The lowest BCUT2D eigenvalue weighted by Crippen LogP contribution is -2.62. The molecule has 1 aromatic carbocycles. The van der Waals surface area contributed by atoms with Gasteiger partial charge in [0.15, 0.2) is 0 Å². The number of ether oxygens (including phenoxy) is 1. The Morgan fingerprint density at radius 3 is 2.57 bits per heavy atom. The second-order valence-corrected chi connectivity index (χ2v) is 8.24. The number of benzene rings is 1. The van der Waals surface area contributed by atoms with Crippen molar-refractivity contribution in [1.82, 2.24) is 15.2 Å². The zero-order valence-electron chi connectivity index (χ0n) is 16.0. The third-order valence-corrected chi connectivity index (χ3v) is 6.30. The lowest BCUT2D eigenvalue weighted by Gasteiger charge is -2.49. The van der Waals surface area contributed by atoms with E-state index >= 15 is 0 Å². The number of fused-ring (bicyclic) bond motifs is 3. The van der Waals surface area contributed by atoms with E-state index in [4.69, 9.17) is 4.74 Å². The molecule has 7 nitrogen and oxygen atoms in total. The van der Waals surface area contributed by atoms with Crippen molar-refractivity contribution < 1.29 is 14.3 Å². The standard InChI is InChI=1S/C20H24N4O3S/c1-12-18(14-7-9-24(12)10-8-14)23-19(26)15-3-5-16(6-4-15)27-20-22-17(11-28-20)21-13(2)25/h3-6,11-12,14,18H,7-10H2,1-2H3,(H,21,25)(H,23,26)/t12-,18-/m0/s1. The maximum absolute atomic E-state index is 12.7. The Labute approximate surface area is 168 Å². The van der Waals surface area contributed by atoms with Crippen LogP contribution in [-0.4, -0.2) is 46.9 Å². The van der Waals surface area contributed by atoms with Crippen molar-refractivity contribution in [3.05, 3.63) is 35.2 Å². The number of aromatic nitrogens is 1. The molecule has 8 heteroatoms. The summed E-state index contributed by atoms with van der Waals surface area (Å²) in [5.74, 6) is 1.42. The maximum Gasteiger partial charge on any atom is 0.280 e. The molecule has 3 fully saturated rings. The summed E-state index contributed by atoms with van der Waals surface area (Å²) in [6, 6.07) is 7.65. The van der Waals surface area contributed by atoms with E-state index in [0.29, 0.717) is 34.3 Å². The molecule has 2 aromatic rings. The van der Waals surface area contributed by atoms with Crippen LogP contribution in [-0.2, 0) is 4.79 Å². The summed E-state index contributed by atoms with van der Waals surface area (Å²) in [6.45, 7) is 5.92. The topological polar surface area (TPSA) is 83.6 Å². The predicted octanol–water partition coefficient (Wildman–Crippen LogP) is 3.11. The van der Waals surface area contributed by atoms with E-state index in [2.05, 4.69) is 27.4 Å². The van der Waals surface area contributed by atoms with E-state index in [1.807, 2.05) is 0 Å². The van der Waals surface area contributed by atoms with Crippen LogP contribution in [0.4, 0.5) is 5.82 Å². The summed E-state index contributed by atoms with van der Waals surface area (Å²) < 4.78 is 5.70. The van der Waals surface area contributed by atoms with Crippen LogP contribution in [0.3, 0.4) is 0 Å². The van der Waals surface area contributed by atoms with Gasteiger partial charge in [-0.3, -0.25) is 14.5 Å². The molecule has 0 radical (unpaired) electrons. The minimum Gasteiger partial charge on any atom is -0.431 e. The van der Waals surface area contributed by atoms with Crippen LogP contribution in [0.15, 0.2) is 29.6 Å². The summed E-state index contributed by atoms with van der Waals surface area (Å²) in [7, 11) is 0. The predicted molar refractivity (Wildman–Crippen MR) is 108 cm³/mol. The number of hydrogen-bond acceptors (Lipinski definition) is 6. The van der Waals surface area contributed by atoms with Crippen molar-refractivity contribution in [2.75, 3.05) is 18.4 Å². The van der Waals surface area contributed by atoms with Gasteiger partial charge < -0.3 is 15.4 Å². The Kier molecular flexibility index (Phi) is 5.32. The lowest BCUT2D eigenvalue weighted by molar-refractivity contribution is -0.114. The Morgan fingerprint density at radius 1 is 1.21 bits per heavy atom. The first kappa shape index (κ1) is 18.9. The highest BCUT2D eigenvalue weighted by Gasteiger charge is 2.40. The number of anilines is 1. The molecule has 3 aliphatic rings.